The smallest absolute Gasteiger partial charge is 0.255 e. The molecule has 2 aliphatic rings. The molecule has 0 spiro atoms. The number of hydrogen-bond acceptors (Lipinski definition) is 7. The molecule has 6 rings (SSSR count). The number of halogens is 3. The third-order valence-electron chi connectivity index (χ3n) is 8.24. The second kappa shape index (κ2) is 13.1. The van der Waals surface area contributed by atoms with Crippen LogP contribution in [0.1, 0.15) is 54.2 Å². The summed E-state index contributed by atoms with van der Waals surface area (Å²) in [6, 6.07) is 15.2. The van der Waals surface area contributed by atoms with Gasteiger partial charge in [-0.05, 0) is 69.3 Å². The molecule has 1 saturated heterocycles. The van der Waals surface area contributed by atoms with Crippen molar-refractivity contribution in [2.45, 2.75) is 39.3 Å². The van der Waals surface area contributed by atoms with E-state index in [9.17, 15) is 4.79 Å². The molecule has 8 nitrogen and oxygen atoms in total. The molecule has 0 aliphatic carbocycles. The molecule has 2 aliphatic heterocycles. The van der Waals surface area contributed by atoms with Gasteiger partial charge in [-0.1, -0.05) is 42.8 Å². The average molecular weight is 650 g/mol. The number of likely N-dealkylation sites (N-methyl/N-ethyl adjacent to an activating group) is 1. The predicted molar refractivity (Wildman–Crippen MR) is 179 cm³/mol. The number of anilines is 2. The third kappa shape index (κ3) is 6.38. The second-order valence-corrected chi connectivity index (χ2v) is 12.0. The summed E-state index contributed by atoms with van der Waals surface area (Å²) in [7, 11) is 3.42. The first-order valence-corrected chi connectivity index (χ1v) is 15.0. The molecule has 4 aromatic rings. The van der Waals surface area contributed by atoms with Crippen molar-refractivity contribution in [1.29, 1.82) is 0 Å². The highest BCUT2D eigenvalue weighted by Gasteiger charge is 2.33. The summed E-state index contributed by atoms with van der Waals surface area (Å²) >= 11 is 13.0. The molecular formula is C34H35Cl2FN6O2. The van der Waals surface area contributed by atoms with Gasteiger partial charge in [-0.3, -0.25) is 9.79 Å². The summed E-state index contributed by atoms with van der Waals surface area (Å²) in [5.41, 5.74) is 4.37. The molecule has 234 valence electrons. The zero-order valence-electron chi connectivity index (χ0n) is 24.5. The van der Waals surface area contributed by atoms with E-state index in [1.165, 1.54) is 13.2 Å². The fourth-order valence-electron chi connectivity index (χ4n) is 5.78. The minimum Gasteiger partial charge on any atom is -0.496 e. The number of piperidine rings is 1. The van der Waals surface area contributed by atoms with Gasteiger partial charge in [0.1, 0.15) is 11.6 Å². The lowest BCUT2D eigenvalue weighted by Gasteiger charge is -2.40. The van der Waals surface area contributed by atoms with Crippen molar-refractivity contribution in [3.05, 3.63) is 98.9 Å². The Morgan fingerprint density at radius 2 is 1.93 bits per heavy atom. The van der Waals surface area contributed by atoms with Crippen molar-refractivity contribution >= 4 is 46.5 Å². The zero-order valence-corrected chi connectivity index (χ0v) is 26.1. The van der Waals surface area contributed by atoms with E-state index in [0.29, 0.717) is 63.1 Å². The van der Waals surface area contributed by atoms with E-state index in [1.807, 2.05) is 18.0 Å². The number of aliphatic imine (C=N–C) groups is 1. The SMILES string of the molecule is C.CNC1(C)CCCN(C(=O)c2ccc(Nc3ncc4c(n3)-c3ccc(Cl)cc3C(c3c(F)cccc3OC)=NC4)cc2Cl)C1. The number of hydrogen-bond donors (Lipinski definition) is 2. The summed E-state index contributed by atoms with van der Waals surface area (Å²) in [5, 5.41) is 7.36. The second-order valence-electron chi connectivity index (χ2n) is 11.2. The quantitative estimate of drug-likeness (QED) is 0.224. The molecule has 0 radical (unpaired) electrons. The molecule has 2 N–H and O–H groups in total. The first-order valence-electron chi connectivity index (χ1n) is 14.3. The summed E-state index contributed by atoms with van der Waals surface area (Å²) in [6.45, 7) is 3.65. The van der Waals surface area contributed by atoms with Gasteiger partial charge >= 0.3 is 0 Å². The van der Waals surface area contributed by atoms with Crippen LogP contribution in [0.15, 0.2) is 65.8 Å². The molecule has 3 heterocycles. The zero-order chi connectivity index (χ0) is 31.0. The molecule has 45 heavy (non-hydrogen) atoms. The lowest BCUT2D eigenvalue weighted by Crippen LogP contribution is -2.55. The van der Waals surface area contributed by atoms with Gasteiger partial charge in [-0.15, -0.1) is 0 Å². The van der Waals surface area contributed by atoms with E-state index >= 15 is 4.39 Å². The van der Waals surface area contributed by atoms with Gasteiger partial charge < -0.3 is 20.3 Å². The number of rotatable bonds is 6. The summed E-state index contributed by atoms with van der Waals surface area (Å²) in [4.78, 5) is 29.3. The topological polar surface area (TPSA) is 91.7 Å². The number of likely N-dealkylation sites (tertiary alicyclic amines) is 1. The van der Waals surface area contributed by atoms with Gasteiger partial charge in [0.2, 0.25) is 5.95 Å². The van der Waals surface area contributed by atoms with Crippen LogP contribution in [0.2, 0.25) is 10.0 Å². The van der Waals surface area contributed by atoms with Crippen LogP contribution in [-0.2, 0) is 6.54 Å². The van der Waals surface area contributed by atoms with Gasteiger partial charge in [-0.25, -0.2) is 14.4 Å². The largest absolute Gasteiger partial charge is 0.496 e. The summed E-state index contributed by atoms with van der Waals surface area (Å²) in [5.74, 6) is 0.141. The molecule has 0 bridgehead atoms. The van der Waals surface area contributed by atoms with Crippen molar-refractivity contribution < 1.29 is 13.9 Å². The van der Waals surface area contributed by atoms with E-state index in [2.05, 4.69) is 22.5 Å². The van der Waals surface area contributed by atoms with Gasteiger partial charge in [0.05, 0.1) is 41.2 Å². The van der Waals surface area contributed by atoms with Gasteiger partial charge in [-0.2, -0.15) is 0 Å². The molecule has 1 atom stereocenters. The van der Waals surface area contributed by atoms with E-state index in [1.54, 1.807) is 48.7 Å². The maximum atomic E-state index is 15.2. The molecule has 1 fully saturated rings. The van der Waals surface area contributed by atoms with Crippen LogP contribution in [0, 0.1) is 5.82 Å². The number of nitrogens with zero attached hydrogens (tertiary/aromatic N) is 4. The number of nitrogens with one attached hydrogen (secondary N) is 2. The van der Waals surface area contributed by atoms with Gasteiger partial charge in [0, 0.05) is 52.2 Å². The highest BCUT2D eigenvalue weighted by atomic mass is 35.5. The summed E-state index contributed by atoms with van der Waals surface area (Å²) < 4.78 is 20.7. The molecule has 0 saturated carbocycles. The molecule has 1 unspecified atom stereocenters. The van der Waals surface area contributed by atoms with E-state index in [-0.39, 0.29) is 31.0 Å². The van der Waals surface area contributed by atoms with Crippen LogP contribution < -0.4 is 15.4 Å². The highest BCUT2D eigenvalue weighted by molar-refractivity contribution is 6.34. The molecular weight excluding hydrogens is 614 g/mol. The third-order valence-corrected chi connectivity index (χ3v) is 8.79. The number of methoxy groups -OCH3 is 1. The number of fused-ring (bicyclic) bond motifs is 3. The first-order chi connectivity index (χ1) is 21.2. The van der Waals surface area contributed by atoms with Gasteiger partial charge in [0.15, 0.2) is 0 Å². The van der Waals surface area contributed by atoms with E-state index in [4.69, 9.17) is 37.9 Å². The van der Waals surface area contributed by atoms with Crippen molar-refractivity contribution in [2.75, 3.05) is 32.6 Å². The predicted octanol–water partition coefficient (Wildman–Crippen LogP) is 7.54. The Morgan fingerprint density at radius 1 is 1.11 bits per heavy atom. The Bertz CT molecular complexity index is 1800. The van der Waals surface area contributed by atoms with E-state index in [0.717, 1.165) is 24.0 Å². The average Bonchev–Trinajstić information content (AvgIpc) is 3.17. The fraction of sp³-hybridized carbons (Fsp3) is 0.294. The molecule has 11 heteroatoms. The maximum absolute atomic E-state index is 15.2. The van der Waals surface area contributed by atoms with Crippen LogP contribution in [0.25, 0.3) is 11.3 Å². The van der Waals surface area contributed by atoms with Crippen molar-refractivity contribution in [3.63, 3.8) is 0 Å². The number of aromatic nitrogens is 2. The maximum Gasteiger partial charge on any atom is 0.255 e. The Labute approximate surface area is 272 Å². The van der Waals surface area contributed by atoms with Crippen LogP contribution >= 0.6 is 23.2 Å². The van der Waals surface area contributed by atoms with Crippen LogP contribution in [0.4, 0.5) is 16.0 Å². The first kappa shape index (κ1) is 32.3. The monoisotopic (exact) mass is 648 g/mol. The Hall–Kier alpha value is -4.05. The lowest BCUT2D eigenvalue weighted by molar-refractivity contribution is 0.0629. The van der Waals surface area contributed by atoms with Crippen molar-refractivity contribution in [1.82, 2.24) is 20.2 Å². The van der Waals surface area contributed by atoms with Crippen molar-refractivity contribution in [2.24, 2.45) is 4.99 Å². The fourth-order valence-corrected chi connectivity index (χ4v) is 6.22. The standard InChI is InChI=1S/C33H31Cl2FN6O2.CH4/c1-33(37-2)12-5-13-42(18-33)31(43)23-11-9-21(15-25(23)35)40-32-39-17-19-16-38-30(28-26(36)6-4-7-27(28)44-3)24-14-20(34)8-10-22(24)29(19)41-32;/h4,6-11,14-15,17,37H,5,12-13,16,18H2,1-3H3,(H,39,40,41);1H4. The Balaban J connectivity index is 0.00000400. The van der Waals surface area contributed by atoms with Crippen LogP contribution in [0.3, 0.4) is 0 Å². The van der Waals surface area contributed by atoms with Crippen molar-refractivity contribution in [3.8, 4) is 17.0 Å². The number of carbonyl (C=O) groups is 1. The van der Waals surface area contributed by atoms with Crippen LogP contribution in [-0.4, -0.2) is 59.3 Å². The number of benzene rings is 3. The normalized spacial score (nSPS) is 17.3. The number of ether oxygens (including phenoxy) is 1. The molecule has 1 aromatic heterocycles. The minimum atomic E-state index is -0.455. The highest BCUT2D eigenvalue weighted by Crippen LogP contribution is 2.36. The molecule has 1 amide bonds. The van der Waals surface area contributed by atoms with Crippen LogP contribution in [0.5, 0.6) is 5.75 Å². The Morgan fingerprint density at radius 3 is 2.69 bits per heavy atom. The van der Waals surface area contributed by atoms with E-state index < -0.39 is 5.82 Å². The number of amides is 1. The summed E-state index contributed by atoms with van der Waals surface area (Å²) in [6.07, 6.45) is 3.63. The van der Waals surface area contributed by atoms with Gasteiger partial charge in [0.25, 0.3) is 5.91 Å². The number of carbonyl (C=O) groups excluding carboxylic acids is 1. The Kier molecular flexibility index (Phi) is 9.44. The minimum absolute atomic E-state index is 0. The lowest BCUT2D eigenvalue weighted by atomic mass is 9.91. The molecule has 3 aromatic carbocycles.